The molecule has 1 aliphatic heterocycles. The average Bonchev–Trinajstić information content (AvgIpc) is 3.04. The van der Waals surface area contributed by atoms with E-state index in [0.717, 1.165) is 23.3 Å². The van der Waals surface area contributed by atoms with Crippen LogP contribution in [0.5, 0.6) is 0 Å². The first-order valence-electron chi connectivity index (χ1n) is 11.2. The number of anilines is 1. The van der Waals surface area contributed by atoms with Gasteiger partial charge in [-0.25, -0.2) is 0 Å². The smallest absolute Gasteiger partial charge is 0.261 e. The molecule has 0 aromatic heterocycles. The van der Waals surface area contributed by atoms with E-state index < -0.39 is 0 Å². The molecule has 0 atom stereocenters. The lowest BCUT2D eigenvalue weighted by Crippen LogP contribution is -2.24. The predicted octanol–water partition coefficient (Wildman–Crippen LogP) is 5.44. The van der Waals surface area contributed by atoms with Crippen LogP contribution < -0.4 is 5.32 Å². The van der Waals surface area contributed by atoms with Gasteiger partial charge in [-0.1, -0.05) is 57.2 Å². The summed E-state index contributed by atoms with van der Waals surface area (Å²) >= 11 is 0. The molecule has 0 fully saturated rings. The SMILES string of the molecule is CCC(C)(C)c1ccc(Cc2ccc(NC(=O)c3ccc4c(c3)C(=O)N(C)C4=O)cc2)cc1. The highest BCUT2D eigenvalue weighted by atomic mass is 16.2. The van der Waals surface area contributed by atoms with Gasteiger partial charge in [0, 0.05) is 18.3 Å². The van der Waals surface area contributed by atoms with Crippen LogP contribution in [0.2, 0.25) is 0 Å². The largest absolute Gasteiger partial charge is 0.322 e. The summed E-state index contributed by atoms with van der Waals surface area (Å²) in [5.41, 5.74) is 5.51. The van der Waals surface area contributed by atoms with Gasteiger partial charge in [0.05, 0.1) is 11.1 Å². The Balaban J connectivity index is 1.42. The summed E-state index contributed by atoms with van der Waals surface area (Å²) in [6, 6.07) is 21.1. The van der Waals surface area contributed by atoms with E-state index in [0.29, 0.717) is 16.8 Å². The molecule has 3 aromatic rings. The van der Waals surface area contributed by atoms with Crippen molar-refractivity contribution in [3.63, 3.8) is 0 Å². The summed E-state index contributed by atoms with van der Waals surface area (Å²) < 4.78 is 0. The van der Waals surface area contributed by atoms with Crippen molar-refractivity contribution in [1.29, 1.82) is 0 Å². The van der Waals surface area contributed by atoms with E-state index in [1.54, 1.807) is 6.07 Å². The van der Waals surface area contributed by atoms with Gasteiger partial charge in [0.15, 0.2) is 0 Å². The van der Waals surface area contributed by atoms with Gasteiger partial charge >= 0.3 is 0 Å². The van der Waals surface area contributed by atoms with E-state index in [2.05, 4.69) is 50.4 Å². The third kappa shape index (κ3) is 4.44. The Morgan fingerprint density at radius 1 is 0.848 bits per heavy atom. The van der Waals surface area contributed by atoms with Gasteiger partial charge in [0.25, 0.3) is 17.7 Å². The molecule has 0 bridgehead atoms. The number of carbonyl (C=O) groups excluding carboxylic acids is 3. The average molecular weight is 441 g/mol. The Bertz CT molecular complexity index is 1230. The monoisotopic (exact) mass is 440 g/mol. The minimum atomic E-state index is -0.389. The van der Waals surface area contributed by atoms with Gasteiger partial charge in [-0.3, -0.25) is 19.3 Å². The van der Waals surface area contributed by atoms with Crippen LogP contribution in [0.3, 0.4) is 0 Å². The van der Waals surface area contributed by atoms with E-state index in [1.807, 2.05) is 24.3 Å². The summed E-state index contributed by atoms with van der Waals surface area (Å²) in [5, 5.41) is 2.86. The minimum Gasteiger partial charge on any atom is -0.322 e. The summed E-state index contributed by atoms with van der Waals surface area (Å²) in [4.78, 5) is 37.9. The summed E-state index contributed by atoms with van der Waals surface area (Å²) in [5.74, 6) is -1.06. The molecule has 0 unspecified atom stereocenters. The predicted molar refractivity (Wildman–Crippen MR) is 130 cm³/mol. The van der Waals surface area contributed by atoms with Gasteiger partial charge in [-0.2, -0.15) is 0 Å². The number of nitrogens with zero attached hydrogens (tertiary/aromatic N) is 1. The number of fused-ring (bicyclic) bond motifs is 1. The van der Waals surface area contributed by atoms with E-state index in [-0.39, 0.29) is 28.7 Å². The molecular weight excluding hydrogens is 412 g/mol. The van der Waals surface area contributed by atoms with Crippen LogP contribution in [0.1, 0.15) is 75.0 Å². The van der Waals surface area contributed by atoms with Crippen molar-refractivity contribution in [3.05, 3.63) is 100 Å². The minimum absolute atomic E-state index is 0.177. The highest BCUT2D eigenvalue weighted by Gasteiger charge is 2.33. The van der Waals surface area contributed by atoms with Gasteiger partial charge in [0.1, 0.15) is 0 Å². The van der Waals surface area contributed by atoms with Crippen LogP contribution >= 0.6 is 0 Å². The zero-order chi connectivity index (χ0) is 23.8. The third-order valence-electron chi connectivity index (χ3n) is 6.59. The van der Waals surface area contributed by atoms with E-state index in [4.69, 9.17) is 0 Å². The molecule has 1 aliphatic rings. The molecule has 0 spiro atoms. The Labute approximate surface area is 194 Å². The van der Waals surface area contributed by atoms with Crippen LogP contribution in [0.25, 0.3) is 0 Å². The lowest BCUT2D eigenvalue weighted by molar-refractivity contribution is 0.0693. The van der Waals surface area contributed by atoms with E-state index in [9.17, 15) is 14.4 Å². The van der Waals surface area contributed by atoms with Crippen molar-refractivity contribution >= 4 is 23.4 Å². The van der Waals surface area contributed by atoms with Crippen LogP contribution in [-0.2, 0) is 11.8 Å². The van der Waals surface area contributed by atoms with E-state index >= 15 is 0 Å². The molecule has 168 valence electrons. The quantitative estimate of drug-likeness (QED) is 0.519. The second kappa shape index (κ2) is 8.66. The molecule has 0 aliphatic carbocycles. The van der Waals surface area contributed by atoms with Crippen LogP contribution in [0, 0.1) is 0 Å². The van der Waals surface area contributed by atoms with Gasteiger partial charge in [0.2, 0.25) is 0 Å². The Kier molecular flexibility index (Phi) is 5.90. The number of rotatable bonds is 6. The van der Waals surface area contributed by atoms with Crippen molar-refractivity contribution in [2.24, 2.45) is 0 Å². The molecule has 5 nitrogen and oxygen atoms in total. The lowest BCUT2D eigenvalue weighted by atomic mass is 9.82. The van der Waals surface area contributed by atoms with Crippen LogP contribution in [0.4, 0.5) is 5.69 Å². The number of benzene rings is 3. The molecule has 3 amide bonds. The topological polar surface area (TPSA) is 66.5 Å². The number of imide groups is 1. The first kappa shape index (κ1) is 22.5. The first-order valence-corrected chi connectivity index (χ1v) is 11.2. The van der Waals surface area contributed by atoms with Crippen molar-refractivity contribution in [2.45, 2.75) is 39.0 Å². The molecule has 1 N–H and O–H groups in total. The highest BCUT2D eigenvalue weighted by molar-refractivity contribution is 6.22. The zero-order valence-corrected chi connectivity index (χ0v) is 19.4. The van der Waals surface area contributed by atoms with Crippen LogP contribution in [0.15, 0.2) is 66.7 Å². The van der Waals surface area contributed by atoms with Gasteiger partial charge in [-0.15, -0.1) is 0 Å². The number of hydrogen-bond acceptors (Lipinski definition) is 3. The zero-order valence-electron chi connectivity index (χ0n) is 19.4. The lowest BCUT2D eigenvalue weighted by Gasteiger charge is -2.23. The molecular formula is C28H28N2O3. The number of amides is 3. The Morgan fingerprint density at radius 3 is 2.03 bits per heavy atom. The molecule has 33 heavy (non-hydrogen) atoms. The second-order valence-electron chi connectivity index (χ2n) is 9.19. The maximum Gasteiger partial charge on any atom is 0.261 e. The van der Waals surface area contributed by atoms with Crippen molar-refractivity contribution < 1.29 is 14.4 Å². The fourth-order valence-electron chi connectivity index (χ4n) is 3.93. The Hall–Kier alpha value is -3.73. The number of nitrogens with one attached hydrogen (secondary N) is 1. The van der Waals surface area contributed by atoms with E-state index in [1.165, 1.54) is 30.3 Å². The second-order valence-corrected chi connectivity index (χ2v) is 9.19. The maximum absolute atomic E-state index is 12.7. The highest BCUT2D eigenvalue weighted by Crippen LogP contribution is 2.27. The van der Waals surface area contributed by atoms with Crippen molar-refractivity contribution in [1.82, 2.24) is 4.90 Å². The molecule has 0 saturated carbocycles. The normalized spacial score (nSPS) is 13.3. The fraction of sp³-hybridized carbons (Fsp3) is 0.250. The number of hydrogen-bond donors (Lipinski definition) is 1. The Morgan fingerprint density at radius 2 is 1.42 bits per heavy atom. The van der Waals surface area contributed by atoms with Crippen LogP contribution in [-0.4, -0.2) is 29.7 Å². The van der Waals surface area contributed by atoms with Gasteiger partial charge < -0.3 is 5.32 Å². The molecule has 0 saturated heterocycles. The third-order valence-corrected chi connectivity index (χ3v) is 6.59. The molecule has 1 heterocycles. The summed E-state index contributed by atoms with van der Waals surface area (Å²) in [7, 11) is 1.44. The van der Waals surface area contributed by atoms with Gasteiger partial charge in [-0.05, 0) is 65.3 Å². The molecule has 4 rings (SSSR count). The fourth-order valence-corrected chi connectivity index (χ4v) is 3.93. The first-order chi connectivity index (χ1) is 15.7. The standard InChI is InChI=1S/C28H28N2O3/c1-5-28(2,3)21-11-6-18(7-12-21)16-19-8-13-22(14-9-19)29-25(31)20-10-15-23-24(17-20)27(33)30(4)26(23)32/h6-15,17H,5,16H2,1-4H3,(H,29,31). The summed E-state index contributed by atoms with van der Waals surface area (Å²) in [6.45, 7) is 6.72. The molecule has 0 radical (unpaired) electrons. The van der Waals surface area contributed by atoms with Crippen molar-refractivity contribution in [3.8, 4) is 0 Å². The summed E-state index contributed by atoms with van der Waals surface area (Å²) in [6.07, 6.45) is 1.91. The molecule has 3 aromatic carbocycles. The van der Waals surface area contributed by atoms with Crippen molar-refractivity contribution in [2.75, 3.05) is 12.4 Å². The maximum atomic E-state index is 12.7. The molecule has 5 heteroatoms. The number of carbonyl (C=O) groups is 3.